The Morgan fingerprint density at radius 2 is 1.63 bits per heavy atom. The largest absolute Gasteiger partial charge is 0.496 e. The second kappa shape index (κ2) is 10.4. The summed E-state index contributed by atoms with van der Waals surface area (Å²) in [7, 11) is 1.55. The number of fused-ring (bicyclic) bond motifs is 3. The molecule has 0 atom stereocenters. The number of benzene rings is 1. The van der Waals surface area contributed by atoms with Crippen LogP contribution in [-0.4, -0.2) is 40.0 Å². The minimum atomic E-state index is -1.01. The number of nitriles is 1. The van der Waals surface area contributed by atoms with Crippen LogP contribution >= 0.6 is 15.9 Å². The number of aryl methyl sites for hydroxylation is 2. The van der Waals surface area contributed by atoms with Gasteiger partial charge in [-0.3, -0.25) is 4.57 Å². The van der Waals surface area contributed by atoms with Crippen molar-refractivity contribution < 1.29 is 28.2 Å². The molecule has 0 aliphatic rings. The molecular weight excluding hydrogens is 592 g/mol. The van der Waals surface area contributed by atoms with Gasteiger partial charge >= 0.3 is 12.2 Å². The summed E-state index contributed by atoms with van der Waals surface area (Å²) in [4.78, 5) is 33.1. The Hall–Kier alpha value is -4.04. The molecule has 10 nitrogen and oxygen atoms in total. The lowest BCUT2D eigenvalue weighted by Gasteiger charge is -2.30. The number of carbonyl (C=O) groups excluding carboxylic acids is 2. The molecule has 11 heteroatoms. The predicted octanol–water partition coefficient (Wildman–Crippen LogP) is 8.02. The number of anilines is 1. The van der Waals surface area contributed by atoms with Gasteiger partial charge < -0.3 is 18.6 Å². The normalized spacial score (nSPS) is 12.0. The Kier molecular flexibility index (Phi) is 7.60. The van der Waals surface area contributed by atoms with Crippen molar-refractivity contribution in [1.82, 2.24) is 9.55 Å². The number of nitrogens with zero attached hydrogens (tertiary/aromatic N) is 4. The zero-order chi connectivity index (χ0) is 30.6. The number of methoxy groups -OCH3 is 1. The van der Waals surface area contributed by atoms with Crippen molar-refractivity contribution in [3.63, 3.8) is 0 Å². The summed E-state index contributed by atoms with van der Waals surface area (Å²) in [6.45, 7) is 15.6. The zero-order valence-electron chi connectivity index (χ0n) is 24.8. The van der Waals surface area contributed by atoms with E-state index in [-0.39, 0.29) is 11.4 Å². The molecule has 1 aromatic carbocycles. The third kappa shape index (κ3) is 5.48. The number of aromatic nitrogens is 2. The van der Waals surface area contributed by atoms with Crippen LogP contribution in [0.15, 0.2) is 27.2 Å². The van der Waals surface area contributed by atoms with E-state index in [0.717, 1.165) is 10.5 Å². The van der Waals surface area contributed by atoms with Gasteiger partial charge in [-0.2, -0.15) is 10.2 Å². The minimum Gasteiger partial charge on any atom is -0.496 e. The van der Waals surface area contributed by atoms with Crippen LogP contribution in [0.4, 0.5) is 15.4 Å². The molecule has 2 amide bonds. The van der Waals surface area contributed by atoms with Crippen LogP contribution in [-0.2, 0) is 9.47 Å². The molecule has 0 saturated carbocycles. The Bertz CT molecular complexity index is 1720. The first kappa shape index (κ1) is 29.9. The van der Waals surface area contributed by atoms with Gasteiger partial charge in [0, 0.05) is 11.6 Å². The molecule has 4 rings (SSSR count). The van der Waals surface area contributed by atoms with Crippen molar-refractivity contribution in [2.75, 3.05) is 12.0 Å². The van der Waals surface area contributed by atoms with E-state index in [9.17, 15) is 14.9 Å². The SMILES string of the molecule is COc1ccc(C)c(-n2c(N(C(=O)OC(C)(C)C)C(=O)OC(C)(C)C)c(C#N)c3c(Br)nc4cc(C)oc4c32)c1C. The van der Waals surface area contributed by atoms with Gasteiger partial charge in [-0.05, 0) is 89.9 Å². The summed E-state index contributed by atoms with van der Waals surface area (Å²) in [5.41, 5.74) is 1.46. The van der Waals surface area contributed by atoms with Crippen molar-refractivity contribution in [2.24, 2.45) is 0 Å². The lowest BCUT2D eigenvalue weighted by molar-refractivity contribution is 0.0428. The Balaban J connectivity index is 2.29. The zero-order valence-corrected chi connectivity index (χ0v) is 26.4. The molecule has 41 heavy (non-hydrogen) atoms. The average Bonchev–Trinajstić information content (AvgIpc) is 3.34. The van der Waals surface area contributed by atoms with Crippen LogP contribution < -0.4 is 9.64 Å². The topological polar surface area (TPSA) is 120 Å². The molecule has 0 bridgehead atoms. The van der Waals surface area contributed by atoms with Crippen LogP contribution in [0.3, 0.4) is 0 Å². The van der Waals surface area contributed by atoms with Gasteiger partial charge in [-0.25, -0.2) is 14.6 Å². The first-order chi connectivity index (χ1) is 19.0. The van der Waals surface area contributed by atoms with E-state index in [1.807, 2.05) is 26.0 Å². The molecule has 0 unspecified atom stereocenters. The quantitative estimate of drug-likeness (QED) is 0.210. The fraction of sp³-hybridized carbons (Fsp3) is 0.400. The van der Waals surface area contributed by atoms with Crippen LogP contribution in [0.25, 0.3) is 27.7 Å². The summed E-state index contributed by atoms with van der Waals surface area (Å²) in [5.74, 6) is 1.09. The average molecular weight is 626 g/mol. The molecule has 0 radical (unpaired) electrons. The predicted molar refractivity (Wildman–Crippen MR) is 159 cm³/mol. The van der Waals surface area contributed by atoms with E-state index in [4.69, 9.17) is 18.6 Å². The van der Waals surface area contributed by atoms with Crippen LogP contribution in [0.1, 0.15) is 64.0 Å². The Morgan fingerprint density at radius 3 is 2.15 bits per heavy atom. The van der Waals surface area contributed by atoms with E-state index in [2.05, 4.69) is 27.0 Å². The molecule has 0 spiro atoms. The number of rotatable bonds is 3. The number of furan rings is 1. The van der Waals surface area contributed by atoms with E-state index < -0.39 is 23.4 Å². The number of imide groups is 1. The van der Waals surface area contributed by atoms with Gasteiger partial charge in [0.05, 0.1) is 18.2 Å². The summed E-state index contributed by atoms with van der Waals surface area (Å²) < 4.78 is 25.1. The molecule has 0 N–H and O–H groups in total. The van der Waals surface area contributed by atoms with Gasteiger partial charge in [0.15, 0.2) is 11.4 Å². The molecule has 0 aliphatic carbocycles. The van der Waals surface area contributed by atoms with Gasteiger partial charge in [-0.1, -0.05) is 6.07 Å². The second-order valence-corrected chi connectivity index (χ2v) is 12.4. The highest BCUT2D eigenvalue weighted by molar-refractivity contribution is 9.10. The minimum absolute atomic E-state index is 0.00586. The summed E-state index contributed by atoms with van der Waals surface area (Å²) in [6, 6.07) is 7.66. The lowest BCUT2D eigenvalue weighted by atomic mass is 10.1. The third-order valence-corrected chi connectivity index (χ3v) is 6.70. The van der Waals surface area contributed by atoms with Crippen molar-refractivity contribution in [3.05, 3.63) is 45.3 Å². The maximum Gasteiger partial charge on any atom is 0.425 e. The Morgan fingerprint density at radius 1 is 1.05 bits per heavy atom. The fourth-order valence-electron chi connectivity index (χ4n) is 4.67. The highest BCUT2D eigenvalue weighted by atomic mass is 79.9. The van der Waals surface area contributed by atoms with Crippen molar-refractivity contribution in [1.29, 1.82) is 5.26 Å². The first-order valence-corrected chi connectivity index (χ1v) is 13.7. The number of halogens is 1. The molecular formula is C30H33BrN4O6. The van der Waals surface area contributed by atoms with Gasteiger partial charge in [0.25, 0.3) is 0 Å². The first-order valence-electron chi connectivity index (χ1n) is 12.9. The highest BCUT2D eigenvalue weighted by Crippen LogP contribution is 2.45. The van der Waals surface area contributed by atoms with Crippen LogP contribution in [0, 0.1) is 32.1 Å². The second-order valence-electron chi connectivity index (χ2n) is 11.7. The fourth-order valence-corrected chi connectivity index (χ4v) is 5.25. The molecule has 0 aliphatic heterocycles. The molecule has 3 aromatic heterocycles. The lowest BCUT2D eigenvalue weighted by Crippen LogP contribution is -2.45. The van der Waals surface area contributed by atoms with E-state index in [1.54, 1.807) is 66.2 Å². The van der Waals surface area contributed by atoms with E-state index in [1.165, 1.54) is 0 Å². The number of hydrogen-bond acceptors (Lipinski definition) is 8. The monoisotopic (exact) mass is 624 g/mol. The Labute approximate surface area is 246 Å². The number of amides is 2. The number of hydrogen-bond donors (Lipinski definition) is 0. The standard InChI is InChI=1S/C30H33BrN4O6/c1-15-11-12-20(38-10)17(3)22(15)34-23-21(25(31)33-19-13-16(2)39-24(19)23)18(14-32)26(34)35(27(36)40-29(4,5)6)28(37)41-30(7,8)9/h11-13H,1-10H3. The van der Waals surface area contributed by atoms with Crippen LogP contribution in [0.5, 0.6) is 5.75 Å². The smallest absolute Gasteiger partial charge is 0.425 e. The number of carbonyl (C=O) groups is 2. The van der Waals surface area contributed by atoms with Crippen molar-refractivity contribution in [2.45, 2.75) is 73.5 Å². The van der Waals surface area contributed by atoms with Crippen LogP contribution in [0.2, 0.25) is 0 Å². The molecule has 4 aromatic rings. The number of pyridine rings is 1. The summed E-state index contributed by atoms with van der Waals surface area (Å²) >= 11 is 3.53. The maximum atomic E-state index is 13.9. The molecule has 0 saturated heterocycles. The van der Waals surface area contributed by atoms with Gasteiger partial charge in [0.2, 0.25) is 0 Å². The van der Waals surface area contributed by atoms with E-state index >= 15 is 0 Å². The number of ether oxygens (including phenoxy) is 3. The molecule has 0 fully saturated rings. The van der Waals surface area contributed by atoms with Crippen molar-refractivity contribution in [3.8, 4) is 17.5 Å². The van der Waals surface area contributed by atoms with E-state index in [0.29, 0.717) is 49.4 Å². The maximum absolute atomic E-state index is 13.9. The summed E-state index contributed by atoms with van der Waals surface area (Å²) in [6.07, 6.45) is -2.03. The summed E-state index contributed by atoms with van der Waals surface area (Å²) in [5, 5.41) is 10.9. The molecule has 216 valence electrons. The molecule has 3 heterocycles. The third-order valence-electron chi connectivity index (χ3n) is 6.12. The van der Waals surface area contributed by atoms with Crippen molar-refractivity contribution >= 4 is 55.9 Å². The highest BCUT2D eigenvalue weighted by Gasteiger charge is 2.40. The van der Waals surface area contributed by atoms with Gasteiger partial charge in [-0.15, -0.1) is 0 Å². The van der Waals surface area contributed by atoms with Gasteiger partial charge in [0.1, 0.15) is 50.0 Å².